The van der Waals surface area contributed by atoms with Crippen LogP contribution in [0.5, 0.6) is 0 Å². The van der Waals surface area contributed by atoms with Gasteiger partial charge in [0.15, 0.2) is 0 Å². The Bertz CT molecular complexity index is 655. The molecule has 0 amide bonds. The molecule has 1 atom stereocenters. The van der Waals surface area contributed by atoms with Crippen LogP contribution in [0, 0.1) is 0 Å². The van der Waals surface area contributed by atoms with Crippen LogP contribution in [-0.4, -0.2) is 16.4 Å². The molecule has 1 aromatic carbocycles. The van der Waals surface area contributed by atoms with Gasteiger partial charge in [0, 0.05) is 38.1 Å². The van der Waals surface area contributed by atoms with E-state index in [1.165, 1.54) is 6.07 Å². The molecule has 116 valence electrons. The summed E-state index contributed by atoms with van der Waals surface area (Å²) >= 11 is 0. The van der Waals surface area contributed by atoms with Crippen molar-refractivity contribution in [2.75, 3.05) is 6.54 Å². The number of nitrogens with zero attached hydrogens (tertiary/aromatic N) is 2. The summed E-state index contributed by atoms with van der Waals surface area (Å²) in [7, 11) is 0. The topological polar surface area (TPSA) is 42.1 Å². The van der Waals surface area contributed by atoms with Crippen LogP contribution in [0.2, 0.25) is 0 Å². The maximum atomic E-state index is 12.9. The number of benzene rings is 1. The number of aromatic nitrogens is 1. The van der Waals surface area contributed by atoms with E-state index in [0.29, 0.717) is 18.7 Å². The minimum Gasteiger partial charge on any atom is -0.329 e. The van der Waals surface area contributed by atoms with Crippen molar-refractivity contribution in [3.8, 4) is 0 Å². The van der Waals surface area contributed by atoms with Gasteiger partial charge in [-0.25, -0.2) is 0 Å². The van der Waals surface area contributed by atoms with Gasteiger partial charge in [0.1, 0.15) is 0 Å². The minimum atomic E-state index is -4.33. The molecule has 6 heteroatoms. The predicted octanol–water partition coefficient (Wildman–Crippen LogP) is 3.12. The van der Waals surface area contributed by atoms with Gasteiger partial charge < -0.3 is 5.73 Å². The first-order valence-corrected chi connectivity index (χ1v) is 7.02. The highest BCUT2D eigenvalue weighted by atomic mass is 19.4. The normalized spacial score (nSPS) is 18.5. The van der Waals surface area contributed by atoms with Gasteiger partial charge in [-0.3, -0.25) is 9.88 Å². The van der Waals surface area contributed by atoms with Crippen LogP contribution in [0.1, 0.15) is 28.3 Å². The van der Waals surface area contributed by atoms with Crippen molar-refractivity contribution in [1.82, 2.24) is 9.88 Å². The summed E-state index contributed by atoms with van der Waals surface area (Å²) in [5.74, 6) is 0. The van der Waals surface area contributed by atoms with Crippen LogP contribution in [0.15, 0.2) is 42.7 Å². The first kappa shape index (κ1) is 15.0. The first-order valence-electron chi connectivity index (χ1n) is 7.02. The number of nitrogens with two attached hydrogens (primary N) is 1. The van der Waals surface area contributed by atoms with Crippen LogP contribution in [0.4, 0.5) is 13.2 Å². The predicted molar refractivity (Wildman–Crippen MR) is 76.7 cm³/mol. The van der Waals surface area contributed by atoms with Crippen molar-refractivity contribution in [2.24, 2.45) is 5.73 Å². The Hall–Kier alpha value is -1.92. The van der Waals surface area contributed by atoms with Crippen LogP contribution < -0.4 is 5.73 Å². The van der Waals surface area contributed by atoms with Crippen molar-refractivity contribution in [2.45, 2.75) is 25.3 Å². The molecule has 0 saturated carbocycles. The number of rotatable bonds is 3. The molecule has 2 heterocycles. The quantitative estimate of drug-likeness (QED) is 0.947. The Kier molecular flexibility index (Phi) is 3.88. The van der Waals surface area contributed by atoms with E-state index in [9.17, 15) is 13.2 Å². The fourth-order valence-electron chi connectivity index (χ4n) is 2.92. The molecular formula is C16H16F3N3. The molecule has 0 radical (unpaired) electrons. The molecule has 0 fully saturated rings. The molecule has 1 aliphatic rings. The van der Waals surface area contributed by atoms with E-state index in [-0.39, 0.29) is 12.6 Å². The van der Waals surface area contributed by atoms with E-state index in [1.807, 2.05) is 12.1 Å². The van der Waals surface area contributed by atoms with Crippen molar-refractivity contribution in [3.05, 3.63) is 65.0 Å². The second kappa shape index (κ2) is 5.70. The molecule has 2 N–H and O–H groups in total. The van der Waals surface area contributed by atoms with E-state index in [0.717, 1.165) is 17.2 Å². The van der Waals surface area contributed by atoms with Gasteiger partial charge >= 0.3 is 6.18 Å². The second-order valence-electron chi connectivity index (χ2n) is 5.43. The third-order valence-electron chi connectivity index (χ3n) is 3.98. The Labute approximate surface area is 126 Å². The van der Waals surface area contributed by atoms with Crippen molar-refractivity contribution in [3.63, 3.8) is 0 Å². The first-order chi connectivity index (χ1) is 10.5. The smallest absolute Gasteiger partial charge is 0.329 e. The molecular weight excluding hydrogens is 291 g/mol. The van der Waals surface area contributed by atoms with Crippen molar-refractivity contribution >= 4 is 0 Å². The number of alkyl halides is 3. The van der Waals surface area contributed by atoms with E-state index in [2.05, 4.69) is 9.88 Å². The van der Waals surface area contributed by atoms with E-state index >= 15 is 0 Å². The highest BCUT2D eigenvalue weighted by molar-refractivity contribution is 5.39. The van der Waals surface area contributed by atoms with E-state index in [4.69, 9.17) is 5.73 Å². The van der Waals surface area contributed by atoms with Gasteiger partial charge in [-0.05, 0) is 34.9 Å². The average molecular weight is 307 g/mol. The molecule has 0 saturated heterocycles. The number of hydrogen-bond acceptors (Lipinski definition) is 3. The van der Waals surface area contributed by atoms with E-state index in [1.54, 1.807) is 18.5 Å². The second-order valence-corrected chi connectivity index (χ2v) is 5.43. The highest BCUT2D eigenvalue weighted by Crippen LogP contribution is 2.38. The molecule has 1 aromatic heterocycles. The molecule has 2 aromatic rings. The Morgan fingerprint density at radius 1 is 1.27 bits per heavy atom. The summed E-state index contributed by atoms with van der Waals surface area (Å²) in [5.41, 5.74) is 7.81. The maximum Gasteiger partial charge on any atom is 0.416 e. The highest BCUT2D eigenvalue weighted by Gasteiger charge is 2.35. The zero-order chi connectivity index (χ0) is 15.7. The van der Waals surface area contributed by atoms with Crippen LogP contribution in [-0.2, 0) is 19.3 Å². The Morgan fingerprint density at radius 2 is 2.09 bits per heavy atom. The number of pyridine rings is 1. The minimum absolute atomic E-state index is 0.197. The average Bonchev–Trinajstić information content (AvgIpc) is 2.83. The van der Waals surface area contributed by atoms with Crippen LogP contribution in [0.25, 0.3) is 0 Å². The summed E-state index contributed by atoms with van der Waals surface area (Å²) in [6, 6.07) is 7.53. The zero-order valence-corrected chi connectivity index (χ0v) is 11.8. The Morgan fingerprint density at radius 3 is 2.73 bits per heavy atom. The molecule has 3 nitrogen and oxygen atoms in total. The molecule has 0 spiro atoms. The molecule has 0 bridgehead atoms. The third kappa shape index (κ3) is 2.84. The summed E-state index contributed by atoms with van der Waals surface area (Å²) in [6.45, 7) is 1.50. The standard InChI is InChI=1S/C16H16F3N3/c17-16(18,19)13-4-3-12-10-22(15(7-20)14(12)6-13)9-11-2-1-5-21-8-11/h1-6,8,15H,7,9-10,20H2. The number of fused-ring (bicyclic) bond motifs is 1. The fraction of sp³-hybridized carbons (Fsp3) is 0.312. The molecule has 22 heavy (non-hydrogen) atoms. The molecule has 1 unspecified atom stereocenters. The fourth-order valence-corrected chi connectivity index (χ4v) is 2.92. The molecule has 1 aliphatic heterocycles. The maximum absolute atomic E-state index is 12.9. The lowest BCUT2D eigenvalue weighted by Crippen LogP contribution is -2.27. The lowest BCUT2D eigenvalue weighted by atomic mass is 10.0. The number of hydrogen-bond donors (Lipinski definition) is 1. The van der Waals surface area contributed by atoms with Crippen molar-refractivity contribution in [1.29, 1.82) is 0 Å². The summed E-state index contributed by atoms with van der Waals surface area (Å²) < 4.78 is 38.6. The van der Waals surface area contributed by atoms with E-state index < -0.39 is 11.7 Å². The SMILES string of the molecule is NCC1c2cc(C(F)(F)F)ccc2CN1Cc1cccnc1. The molecule has 3 rings (SSSR count). The van der Waals surface area contributed by atoms with Gasteiger partial charge in [0.2, 0.25) is 0 Å². The summed E-state index contributed by atoms with van der Waals surface area (Å²) in [6.07, 6.45) is -0.874. The van der Waals surface area contributed by atoms with Crippen molar-refractivity contribution < 1.29 is 13.2 Å². The monoisotopic (exact) mass is 307 g/mol. The largest absolute Gasteiger partial charge is 0.416 e. The summed E-state index contributed by atoms with van der Waals surface area (Å²) in [4.78, 5) is 6.15. The van der Waals surface area contributed by atoms with Crippen LogP contribution in [0.3, 0.4) is 0 Å². The van der Waals surface area contributed by atoms with Gasteiger partial charge in [0.05, 0.1) is 5.56 Å². The van der Waals surface area contributed by atoms with Gasteiger partial charge in [0.25, 0.3) is 0 Å². The van der Waals surface area contributed by atoms with Gasteiger partial charge in [-0.2, -0.15) is 13.2 Å². The number of halogens is 3. The molecule has 0 aliphatic carbocycles. The third-order valence-corrected chi connectivity index (χ3v) is 3.98. The lowest BCUT2D eigenvalue weighted by Gasteiger charge is -2.23. The lowest BCUT2D eigenvalue weighted by molar-refractivity contribution is -0.137. The Balaban J connectivity index is 1.88. The van der Waals surface area contributed by atoms with Gasteiger partial charge in [-0.15, -0.1) is 0 Å². The van der Waals surface area contributed by atoms with Gasteiger partial charge in [-0.1, -0.05) is 12.1 Å². The summed E-state index contributed by atoms with van der Waals surface area (Å²) in [5, 5.41) is 0. The van der Waals surface area contributed by atoms with Crippen LogP contribution >= 0.6 is 0 Å². The zero-order valence-electron chi connectivity index (χ0n) is 11.8.